The average molecular weight is 349 g/mol. The van der Waals surface area contributed by atoms with Crippen molar-refractivity contribution < 1.29 is 9.47 Å². The summed E-state index contributed by atoms with van der Waals surface area (Å²) >= 11 is 3.63. The number of hydrogen-bond donors (Lipinski definition) is 0. The summed E-state index contributed by atoms with van der Waals surface area (Å²) in [4.78, 5) is 0. The fourth-order valence-corrected chi connectivity index (χ4v) is 3.04. The predicted octanol–water partition coefficient (Wildman–Crippen LogP) is 5.01. The maximum Gasteiger partial charge on any atom is 0.119 e. The van der Waals surface area contributed by atoms with E-state index in [9.17, 15) is 0 Å². The van der Waals surface area contributed by atoms with Crippen molar-refractivity contribution in [1.82, 2.24) is 0 Å². The Kier molecular flexibility index (Phi) is 6.12. The van der Waals surface area contributed by atoms with Crippen molar-refractivity contribution >= 4 is 15.9 Å². The van der Waals surface area contributed by atoms with E-state index in [2.05, 4.69) is 40.2 Å². The number of rotatable bonds is 7. The largest absolute Gasteiger partial charge is 0.494 e. The maximum absolute atomic E-state index is 5.49. The molecule has 0 radical (unpaired) electrons. The normalized spacial score (nSPS) is 10.7. The molecule has 21 heavy (non-hydrogen) atoms. The minimum Gasteiger partial charge on any atom is -0.494 e. The van der Waals surface area contributed by atoms with E-state index >= 15 is 0 Å². The summed E-state index contributed by atoms with van der Waals surface area (Å²) in [5.74, 6) is 2.17. The van der Waals surface area contributed by atoms with Crippen LogP contribution in [0, 0.1) is 0 Å². The zero-order valence-electron chi connectivity index (χ0n) is 12.5. The van der Waals surface area contributed by atoms with Crippen LogP contribution < -0.4 is 9.47 Å². The molecule has 2 aromatic rings. The molecule has 0 aliphatic heterocycles. The van der Waals surface area contributed by atoms with Gasteiger partial charge in [0.05, 0.1) is 13.2 Å². The Labute approximate surface area is 135 Å². The van der Waals surface area contributed by atoms with Crippen molar-refractivity contribution in [3.8, 4) is 11.5 Å². The molecule has 0 N–H and O–H groups in total. The minimum atomic E-state index is 0.330. The molecule has 0 aromatic heterocycles. The summed E-state index contributed by atoms with van der Waals surface area (Å²) in [5.41, 5.74) is 2.55. The van der Waals surface area contributed by atoms with Crippen LogP contribution in [-0.2, 0) is 0 Å². The molecule has 112 valence electrons. The molecule has 0 aliphatic carbocycles. The topological polar surface area (TPSA) is 18.5 Å². The van der Waals surface area contributed by atoms with Gasteiger partial charge in [-0.2, -0.15) is 0 Å². The summed E-state index contributed by atoms with van der Waals surface area (Å²) in [6, 6.07) is 16.7. The third kappa shape index (κ3) is 4.24. The molecule has 0 fully saturated rings. The van der Waals surface area contributed by atoms with Crippen LogP contribution in [0.4, 0.5) is 0 Å². The summed E-state index contributed by atoms with van der Waals surface area (Å²) in [5, 5.41) is 0.884. The number of benzene rings is 2. The highest BCUT2D eigenvalue weighted by Gasteiger charge is 2.13. The zero-order valence-corrected chi connectivity index (χ0v) is 14.1. The Morgan fingerprint density at radius 2 is 1.14 bits per heavy atom. The lowest BCUT2D eigenvalue weighted by atomic mass is 9.93. The zero-order chi connectivity index (χ0) is 15.1. The van der Waals surface area contributed by atoms with Crippen molar-refractivity contribution in [2.75, 3.05) is 18.5 Å². The molecule has 2 rings (SSSR count). The number of alkyl halides is 1. The first-order valence-electron chi connectivity index (χ1n) is 7.30. The highest BCUT2D eigenvalue weighted by molar-refractivity contribution is 9.09. The van der Waals surface area contributed by atoms with Crippen LogP contribution in [0.3, 0.4) is 0 Å². The van der Waals surface area contributed by atoms with Crippen LogP contribution in [0.1, 0.15) is 30.9 Å². The first kappa shape index (κ1) is 15.9. The van der Waals surface area contributed by atoms with Crippen molar-refractivity contribution in [1.29, 1.82) is 0 Å². The molecular formula is C18H21BrO2. The first-order chi connectivity index (χ1) is 10.3. The van der Waals surface area contributed by atoms with E-state index in [4.69, 9.17) is 9.47 Å². The van der Waals surface area contributed by atoms with Gasteiger partial charge in [-0.3, -0.25) is 0 Å². The van der Waals surface area contributed by atoms with Gasteiger partial charge in [0, 0.05) is 11.2 Å². The molecule has 2 aromatic carbocycles. The molecule has 0 atom stereocenters. The number of halogens is 1. The van der Waals surface area contributed by atoms with Crippen molar-refractivity contribution in [3.05, 3.63) is 59.7 Å². The van der Waals surface area contributed by atoms with Crippen LogP contribution >= 0.6 is 15.9 Å². The van der Waals surface area contributed by atoms with E-state index < -0.39 is 0 Å². The highest BCUT2D eigenvalue weighted by atomic mass is 79.9. The van der Waals surface area contributed by atoms with Gasteiger partial charge in [0.1, 0.15) is 11.5 Å². The van der Waals surface area contributed by atoms with Gasteiger partial charge in [-0.25, -0.2) is 0 Å². The van der Waals surface area contributed by atoms with Gasteiger partial charge in [-0.15, -0.1) is 0 Å². The maximum atomic E-state index is 5.49. The lowest BCUT2D eigenvalue weighted by molar-refractivity contribution is 0.340. The number of ether oxygens (including phenoxy) is 2. The van der Waals surface area contributed by atoms with Crippen LogP contribution in [0.15, 0.2) is 48.5 Å². The molecule has 0 spiro atoms. The van der Waals surface area contributed by atoms with Gasteiger partial charge in [-0.05, 0) is 49.2 Å². The van der Waals surface area contributed by atoms with Crippen LogP contribution in [0.25, 0.3) is 0 Å². The van der Waals surface area contributed by atoms with Crippen LogP contribution in [0.2, 0.25) is 0 Å². The predicted molar refractivity (Wildman–Crippen MR) is 90.9 cm³/mol. The van der Waals surface area contributed by atoms with E-state index in [0.717, 1.165) is 16.8 Å². The van der Waals surface area contributed by atoms with Crippen molar-refractivity contribution in [2.24, 2.45) is 0 Å². The Hall–Kier alpha value is -1.48. The van der Waals surface area contributed by atoms with Gasteiger partial charge < -0.3 is 9.47 Å². The number of hydrogen-bond acceptors (Lipinski definition) is 2. The van der Waals surface area contributed by atoms with E-state index in [-0.39, 0.29) is 0 Å². The quantitative estimate of drug-likeness (QED) is 0.654. The molecule has 0 aliphatic rings. The molecule has 3 heteroatoms. The van der Waals surface area contributed by atoms with Gasteiger partial charge in [0.25, 0.3) is 0 Å². The molecule has 0 saturated carbocycles. The third-order valence-electron chi connectivity index (χ3n) is 3.34. The van der Waals surface area contributed by atoms with Gasteiger partial charge in [0.2, 0.25) is 0 Å². The summed E-state index contributed by atoms with van der Waals surface area (Å²) in [6.07, 6.45) is 0. The summed E-state index contributed by atoms with van der Waals surface area (Å²) < 4.78 is 11.0. The highest BCUT2D eigenvalue weighted by Crippen LogP contribution is 2.29. The molecular weight excluding hydrogens is 328 g/mol. The summed E-state index contributed by atoms with van der Waals surface area (Å²) in [7, 11) is 0. The molecule has 0 saturated heterocycles. The van der Waals surface area contributed by atoms with Crippen LogP contribution in [-0.4, -0.2) is 18.5 Å². The lowest BCUT2D eigenvalue weighted by Gasteiger charge is -2.16. The molecule has 2 nitrogen and oxygen atoms in total. The van der Waals surface area contributed by atoms with Crippen molar-refractivity contribution in [3.63, 3.8) is 0 Å². The second-order valence-electron chi connectivity index (χ2n) is 4.71. The smallest absolute Gasteiger partial charge is 0.119 e. The summed E-state index contributed by atoms with van der Waals surface area (Å²) in [6.45, 7) is 5.38. The molecule has 0 unspecified atom stereocenters. The second kappa shape index (κ2) is 8.08. The SMILES string of the molecule is CCOc1ccc(C(CBr)c2ccc(OCC)cc2)cc1. The fourth-order valence-electron chi connectivity index (χ4n) is 2.30. The first-order valence-corrected chi connectivity index (χ1v) is 8.42. The van der Waals surface area contributed by atoms with Gasteiger partial charge in [-0.1, -0.05) is 40.2 Å². The minimum absolute atomic E-state index is 0.330. The Morgan fingerprint density at radius 3 is 1.43 bits per heavy atom. The monoisotopic (exact) mass is 348 g/mol. The third-order valence-corrected chi connectivity index (χ3v) is 3.99. The Morgan fingerprint density at radius 1 is 0.762 bits per heavy atom. The average Bonchev–Trinajstić information content (AvgIpc) is 2.52. The fraction of sp³-hybridized carbons (Fsp3) is 0.333. The van der Waals surface area contributed by atoms with E-state index in [0.29, 0.717) is 19.1 Å². The second-order valence-corrected chi connectivity index (χ2v) is 5.36. The van der Waals surface area contributed by atoms with Gasteiger partial charge in [0.15, 0.2) is 0 Å². The van der Waals surface area contributed by atoms with E-state index in [1.54, 1.807) is 0 Å². The van der Waals surface area contributed by atoms with Gasteiger partial charge >= 0.3 is 0 Å². The van der Waals surface area contributed by atoms with Crippen LogP contribution in [0.5, 0.6) is 11.5 Å². The molecule has 0 heterocycles. The van der Waals surface area contributed by atoms with Crippen molar-refractivity contribution in [2.45, 2.75) is 19.8 Å². The Bertz CT molecular complexity index is 485. The van der Waals surface area contributed by atoms with E-state index in [1.165, 1.54) is 11.1 Å². The molecule has 0 bridgehead atoms. The standard InChI is InChI=1S/C18H21BrO2/c1-3-20-16-9-5-14(6-10-16)18(13-19)15-7-11-17(12-8-15)21-4-2/h5-12,18H,3-4,13H2,1-2H3. The Balaban J connectivity index is 2.18. The lowest BCUT2D eigenvalue weighted by Crippen LogP contribution is -2.03. The molecule has 0 amide bonds. The van der Waals surface area contributed by atoms with E-state index in [1.807, 2.05) is 38.1 Å².